The molecule has 0 radical (unpaired) electrons. The number of ether oxygens (including phenoxy) is 2. The van der Waals surface area contributed by atoms with E-state index in [9.17, 15) is 17.6 Å². The summed E-state index contributed by atoms with van der Waals surface area (Å²) in [6.45, 7) is -0.819. The smallest absolute Gasteiger partial charge is 0.411 e. The summed E-state index contributed by atoms with van der Waals surface area (Å²) in [4.78, 5) is 0. The Morgan fingerprint density at radius 2 is 1.43 bits per heavy atom. The van der Waals surface area contributed by atoms with E-state index in [1.165, 1.54) is 18.2 Å². The average molecular weight is 563 g/mol. The van der Waals surface area contributed by atoms with Gasteiger partial charge >= 0.3 is 12.1 Å². The minimum atomic E-state index is -4.67. The van der Waals surface area contributed by atoms with Crippen molar-refractivity contribution < 1.29 is 40.2 Å². The maximum atomic E-state index is 15.9. The monoisotopic (exact) mass is 562 g/mol. The molecule has 0 spiro atoms. The number of hydrogen-bond donors (Lipinski definition) is 0. The van der Waals surface area contributed by atoms with Gasteiger partial charge in [-0.25, -0.2) is 8.78 Å². The van der Waals surface area contributed by atoms with Gasteiger partial charge in [0.2, 0.25) is 0 Å². The van der Waals surface area contributed by atoms with Gasteiger partial charge < -0.3 is 9.47 Å². The second kappa shape index (κ2) is 12.1. The lowest BCUT2D eigenvalue weighted by Gasteiger charge is -2.23. The number of halogens is 7. The molecule has 9 heteroatoms. The predicted molar refractivity (Wildman–Crippen MR) is 137 cm³/mol. The van der Waals surface area contributed by atoms with E-state index < -0.39 is 59.4 Å². The van der Waals surface area contributed by atoms with Gasteiger partial charge in [-0.2, -0.15) is 22.0 Å². The van der Waals surface area contributed by atoms with Crippen LogP contribution in [0.5, 0.6) is 5.75 Å². The summed E-state index contributed by atoms with van der Waals surface area (Å²) >= 11 is 0. The molecule has 0 amide bonds. The fourth-order valence-electron chi connectivity index (χ4n) is 4.15. The van der Waals surface area contributed by atoms with Crippen molar-refractivity contribution in [3.63, 3.8) is 0 Å². The molecule has 0 heterocycles. The Morgan fingerprint density at radius 1 is 0.725 bits per heavy atom. The Bertz CT molecular complexity index is 1430. The van der Waals surface area contributed by atoms with Crippen LogP contribution in [0.3, 0.4) is 0 Å². The molecule has 0 aliphatic heterocycles. The highest BCUT2D eigenvalue weighted by Crippen LogP contribution is 2.44. The van der Waals surface area contributed by atoms with Gasteiger partial charge in [0.05, 0.1) is 6.61 Å². The number of rotatable bonds is 10. The summed E-state index contributed by atoms with van der Waals surface area (Å²) in [5.74, 6) is -6.38. The third-order valence-corrected chi connectivity index (χ3v) is 6.26. The summed E-state index contributed by atoms with van der Waals surface area (Å²) in [5.41, 5.74) is -0.261. The minimum absolute atomic E-state index is 0.154. The lowest BCUT2D eigenvalue weighted by molar-refractivity contribution is -0.176. The number of hydrogen-bond acceptors (Lipinski definition) is 2. The van der Waals surface area contributed by atoms with E-state index in [2.05, 4.69) is 4.74 Å². The zero-order valence-corrected chi connectivity index (χ0v) is 21.4. The Kier molecular flexibility index (Phi) is 8.83. The predicted octanol–water partition coefficient (Wildman–Crippen LogP) is 8.99. The van der Waals surface area contributed by atoms with Crippen LogP contribution in [0.25, 0.3) is 11.1 Å². The molecular weight excluding hydrogens is 537 g/mol. The van der Waals surface area contributed by atoms with E-state index in [0.29, 0.717) is 17.5 Å². The molecular formula is C31H25F7O2. The zero-order chi connectivity index (χ0) is 28.9. The largest absolute Gasteiger partial charge is 0.488 e. The molecule has 4 rings (SSSR count). The molecule has 0 atom stereocenters. The van der Waals surface area contributed by atoms with Crippen molar-refractivity contribution in [2.45, 2.75) is 38.7 Å². The molecule has 2 nitrogen and oxygen atoms in total. The lowest BCUT2D eigenvalue weighted by Crippen LogP contribution is -2.21. The van der Waals surface area contributed by atoms with Crippen molar-refractivity contribution in [1.82, 2.24) is 0 Å². The standard InChI is InChI=1S/C31H25F7O2/c1-2-20-8-14-25(26(32)16-20)22-9-12-24(13-10-22)31(37,38)28-27(40-17-21-6-4-3-5-7-21)15-11-23(29(28)33)18-39-19-30(34,35)36/h3-16H,2,17-19H2,1H3. The molecule has 210 valence electrons. The molecule has 0 N–H and O–H groups in total. The van der Waals surface area contributed by atoms with Crippen molar-refractivity contribution >= 4 is 0 Å². The molecule has 0 saturated heterocycles. The maximum Gasteiger partial charge on any atom is 0.411 e. The number of benzene rings is 4. The molecule has 0 unspecified atom stereocenters. The van der Waals surface area contributed by atoms with Gasteiger partial charge in [-0.15, -0.1) is 0 Å². The number of aryl methyl sites for hydroxylation is 1. The summed E-state index contributed by atoms with van der Waals surface area (Å²) in [6, 6.07) is 20.1. The topological polar surface area (TPSA) is 18.5 Å². The van der Waals surface area contributed by atoms with Gasteiger partial charge in [0.1, 0.15) is 36.2 Å². The van der Waals surface area contributed by atoms with E-state index in [1.54, 1.807) is 42.5 Å². The minimum Gasteiger partial charge on any atom is -0.488 e. The van der Waals surface area contributed by atoms with Gasteiger partial charge in [-0.1, -0.05) is 79.7 Å². The van der Waals surface area contributed by atoms with Crippen molar-refractivity contribution in [3.8, 4) is 16.9 Å². The first kappa shape index (κ1) is 29.1. The van der Waals surface area contributed by atoms with Crippen LogP contribution >= 0.6 is 0 Å². The van der Waals surface area contributed by atoms with Crippen LogP contribution in [0.4, 0.5) is 30.7 Å². The van der Waals surface area contributed by atoms with E-state index in [0.717, 1.165) is 29.8 Å². The fraction of sp³-hybridized carbons (Fsp3) is 0.226. The molecule has 0 fully saturated rings. The Labute approximate surface area is 227 Å². The maximum absolute atomic E-state index is 15.9. The van der Waals surface area contributed by atoms with Crippen molar-refractivity contribution in [2.75, 3.05) is 6.61 Å². The van der Waals surface area contributed by atoms with Crippen LogP contribution in [0.15, 0.2) is 84.9 Å². The summed E-state index contributed by atoms with van der Waals surface area (Å²) in [7, 11) is 0. The van der Waals surface area contributed by atoms with Crippen LogP contribution in [-0.2, 0) is 30.3 Å². The van der Waals surface area contributed by atoms with Crippen LogP contribution in [0, 0.1) is 11.6 Å². The Balaban J connectivity index is 1.69. The summed E-state index contributed by atoms with van der Waals surface area (Å²) in [5, 5.41) is 0. The summed E-state index contributed by atoms with van der Waals surface area (Å²) in [6.07, 6.45) is -4.04. The SMILES string of the molecule is CCc1ccc(-c2ccc(C(F)(F)c3c(OCc4ccccc4)ccc(COCC(F)(F)F)c3F)cc2)c(F)c1. The van der Waals surface area contributed by atoms with E-state index in [-0.39, 0.29) is 12.2 Å². The highest BCUT2D eigenvalue weighted by Gasteiger charge is 2.41. The second-order valence-electron chi connectivity index (χ2n) is 9.11. The first-order valence-electron chi connectivity index (χ1n) is 12.4. The quantitative estimate of drug-likeness (QED) is 0.180. The Hall–Kier alpha value is -3.85. The van der Waals surface area contributed by atoms with Gasteiger partial charge in [-0.05, 0) is 35.2 Å². The highest BCUT2D eigenvalue weighted by atomic mass is 19.4. The van der Waals surface area contributed by atoms with Gasteiger partial charge in [0.15, 0.2) is 0 Å². The molecule has 4 aromatic carbocycles. The van der Waals surface area contributed by atoms with Gasteiger partial charge in [-0.3, -0.25) is 0 Å². The second-order valence-corrected chi connectivity index (χ2v) is 9.11. The molecule has 0 saturated carbocycles. The molecule has 0 aliphatic carbocycles. The van der Waals surface area contributed by atoms with Crippen LogP contribution in [0.2, 0.25) is 0 Å². The van der Waals surface area contributed by atoms with Crippen molar-refractivity contribution in [3.05, 3.63) is 124 Å². The first-order chi connectivity index (χ1) is 19.0. The Morgan fingerprint density at radius 3 is 2.05 bits per heavy atom. The van der Waals surface area contributed by atoms with E-state index >= 15 is 13.2 Å². The highest BCUT2D eigenvalue weighted by molar-refractivity contribution is 5.65. The fourth-order valence-corrected chi connectivity index (χ4v) is 4.15. The molecule has 0 bridgehead atoms. The molecule has 0 aliphatic rings. The van der Waals surface area contributed by atoms with Gasteiger partial charge in [0, 0.05) is 16.7 Å². The third-order valence-electron chi connectivity index (χ3n) is 6.26. The van der Waals surface area contributed by atoms with Crippen molar-refractivity contribution in [1.29, 1.82) is 0 Å². The molecule has 0 aromatic heterocycles. The normalized spacial score (nSPS) is 12.0. The van der Waals surface area contributed by atoms with Crippen LogP contribution in [-0.4, -0.2) is 12.8 Å². The van der Waals surface area contributed by atoms with Crippen LogP contribution in [0.1, 0.15) is 34.7 Å². The van der Waals surface area contributed by atoms with Gasteiger partial charge in [0.25, 0.3) is 0 Å². The average Bonchev–Trinajstić information content (AvgIpc) is 2.92. The first-order valence-corrected chi connectivity index (χ1v) is 12.4. The van der Waals surface area contributed by atoms with E-state index in [1.807, 2.05) is 6.92 Å². The number of alkyl halides is 5. The lowest BCUT2D eigenvalue weighted by atomic mass is 9.94. The zero-order valence-electron chi connectivity index (χ0n) is 21.4. The molecule has 40 heavy (non-hydrogen) atoms. The van der Waals surface area contributed by atoms with Crippen molar-refractivity contribution in [2.24, 2.45) is 0 Å². The van der Waals surface area contributed by atoms with E-state index in [4.69, 9.17) is 4.74 Å². The van der Waals surface area contributed by atoms with Crippen LogP contribution < -0.4 is 4.74 Å². The summed E-state index contributed by atoms with van der Waals surface area (Å²) < 4.78 is 110. The molecule has 4 aromatic rings. The third kappa shape index (κ3) is 6.83.